The van der Waals surface area contributed by atoms with Crippen molar-refractivity contribution in [3.05, 3.63) is 235 Å². The zero-order valence-corrected chi connectivity index (χ0v) is 53.2. The maximum absolute atomic E-state index is 15.3. The molecule has 3 atom stereocenters. The van der Waals surface area contributed by atoms with Crippen LogP contribution in [0.5, 0.6) is 0 Å². The predicted molar refractivity (Wildman–Crippen MR) is 352 cm³/mol. The number of benzene rings is 8. The van der Waals surface area contributed by atoms with Gasteiger partial charge in [0.2, 0.25) is 0 Å². The van der Waals surface area contributed by atoms with E-state index in [9.17, 15) is 75.1 Å². The Balaban J connectivity index is 0.000000282. The van der Waals surface area contributed by atoms with Gasteiger partial charge in [-0.15, -0.1) is 0 Å². The van der Waals surface area contributed by atoms with Gasteiger partial charge in [0.1, 0.15) is 40.8 Å². The average molecular weight is 1330 g/mol. The van der Waals surface area contributed by atoms with E-state index in [0.29, 0.717) is 62.6 Å². The Morgan fingerprint density at radius 3 is 1.14 bits per heavy atom. The summed E-state index contributed by atoms with van der Waals surface area (Å²) in [6.45, 7) is 9.33. The van der Waals surface area contributed by atoms with Crippen molar-refractivity contribution < 1.29 is 89.7 Å². The summed E-state index contributed by atoms with van der Waals surface area (Å²) in [5, 5.41) is 59.9. The number of halogens is 8. The summed E-state index contributed by atoms with van der Waals surface area (Å²) in [5.41, 5.74) is 9.35. The van der Waals surface area contributed by atoms with Gasteiger partial charge in [0.15, 0.2) is 0 Å². The largest absolute Gasteiger partial charge is 0.480 e. The highest BCUT2D eigenvalue weighted by atomic mass is 19.4. The minimum atomic E-state index is -4.65. The molecule has 0 aromatic heterocycles. The van der Waals surface area contributed by atoms with Crippen LogP contribution in [0, 0.1) is 39.3 Å². The minimum Gasteiger partial charge on any atom is -0.480 e. The number of carbonyl (C=O) groups is 5. The molecule has 0 saturated heterocycles. The SMILES string of the molecule is C[C@](N)(CO)C(=O)O.Cc1c(/C=C/c2cc(C=O)ccc2C(F)(F)F)cccc1-c1cccc(-c2cc(C=O)ccc2F)c1C.Cc1c(/C=C/c2cc(CN[C@@](C)(CO)C(=O)O)ccc2C(F)(F)F)cccc1-c1cccc(-c2cc(CN[C@@](C)(CO)C(=O)O)ccc2F)c1C. The van der Waals surface area contributed by atoms with Gasteiger partial charge >= 0.3 is 30.3 Å². The van der Waals surface area contributed by atoms with Gasteiger partial charge in [-0.1, -0.05) is 115 Å². The van der Waals surface area contributed by atoms with Crippen molar-refractivity contribution in [1.82, 2.24) is 10.6 Å². The number of hydrogen-bond donors (Lipinski definition) is 9. The van der Waals surface area contributed by atoms with Crippen LogP contribution in [0.3, 0.4) is 0 Å². The van der Waals surface area contributed by atoms with Gasteiger partial charge in [0.25, 0.3) is 0 Å². The highest BCUT2D eigenvalue weighted by Crippen LogP contribution is 2.40. The smallest absolute Gasteiger partial charge is 0.416 e. The number of carbonyl (C=O) groups excluding carboxylic acids is 2. The van der Waals surface area contributed by atoms with E-state index in [-0.39, 0.29) is 29.8 Å². The standard InChI is InChI=1S/C39H40F4N2O6.C31H22F4O2.C4H9NO3/c1-23-27(13-14-28-17-25(11-15-33(28)39(41,42)43)19-44-37(3,21-46)35(48)49)7-5-8-29(23)30-9-6-10-31(24(30)2)32-18-26(12-16-34(32)40)20-45-38(4,22-47)36(50)51;1-19-23(11-12-24-15-21(17-36)9-13-29(24)31(33,34)35)5-3-6-25(19)26-7-4-8-27(20(26)2)28-16-22(18-37)10-14-30(28)32;1-4(5,2-6)3(7)8/h5-18,44-47H,19-22H2,1-4H3,(H,48,49)(H,50,51);3-18H,1-2H3;6H,2,5H2,1H3,(H,7,8)/b14-13+;12-11+;/t37-,38-;;4-/m0.0/s1. The Morgan fingerprint density at radius 2 is 0.750 bits per heavy atom. The van der Waals surface area contributed by atoms with Gasteiger partial charge in [-0.25, -0.2) is 8.78 Å². The van der Waals surface area contributed by atoms with Crippen molar-refractivity contribution in [3.63, 3.8) is 0 Å². The van der Waals surface area contributed by atoms with E-state index in [0.717, 1.165) is 62.7 Å². The second-order valence-corrected chi connectivity index (χ2v) is 23.4. The van der Waals surface area contributed by atoms with E-state index in [1.807, 2.05) is 52.0 Å². The van der Waals surface area contributed by atoms with Crippen molar-refractivity contribution in [2.24, 2.45) is 5.73 Å². The normalized spacial score (nSPS) is 13.5. The van der Waals surface area contributed by atoms with Crippen LogP contribution in [0.2, 0.25) is 0 Å². The molecule has 504 valence electrons. The molecule has 0 bridgehead atoms. The fourth-order valence-corrected chi connectivity index (χ4v) is 9.99. The summed E-state index contributed by atoms with van der Waals surface area (Å²) in [6, 6.07) is 37.2. The van der Waals surface area contributed by atoms with Crippen LogP contribution in [0.15, 0.2) is 146 Å². The lowest BCUT2D eigenvalue weighted by Gasteiger charge is -2.24. The molecular weight excluding hydrogens is 1260 g/mol. The lowest BCUT2D eigenvalue weighted by molar-refractivity contribution is -0.146. The lowest BCUT2D eigenvalue weighted by Crippen LogP contribution is -2.52. The van der Waals surface area contributed by atoms with Gasteiger partial charge < -0.3 is 36.4 Å². The zero-order chi connectivity index (χ0) is 71.3. The molecule has 0 aliphatic rings. The third-order valence-electron chi connectivity index (χ3n) is 16.3. The summed E-state index contributed by atoms with van der Waals surface area (Å²) in [4.78, 5) is 55.4. The molecule has 0 radical (unpaired) electrons. The van der Waals surface area contributed by atoms with Crippen molar-refractivity contribution in [1.29, 1.82) is 0 Å². The predicted octanol–water partition coefficient (Wildman–Crippen LogP) is 14.2. The fourth-order valence-electron chi connectivity index (χ4n) is 9.99. The molecule has 0 aliphatic carbocycles. The number of aliphatic carboxylic acids is 3. The first-order chi connectivity index (χ1) is 45.1. The molecular formula is C74H71F8N3O11. The van der Waals surface area contributed by atoms with Crippen molar-refractivity contribution in [2.75, 3.05) is 19.8 Å². The minimum absolute atomic E-state index is 0.0582. The molecule has 0 unspecified atom stereocenters. The summed E-state index contributed by atoms with van der Waals surface area (Å²) in [5.74, 6) is -4.66. The molecule has 0 fully saturated rings. The second-order valence-electron chi connectivity index (χ2n) is 23.4. The average Bonchev–Trinajstić information content (AvgIpc) is 0.801. The third kappa shape index (κ3) is 18.1. The van der Waals surface area contributed by atoms with Crippen LogP contribution >= 0.6 is 0 Å². The summed E-state index contributed by atoms with van der Waals surface area (Å²) >= 11 is 0. The molecule has 10 N–H and O–H groups in total. The molecule has 14 nitrogen and oxygen atoms in total. The summed E-state index contributed by atoms with van der Waals surface area (Å²) in [6.07, 6.45) is -2.18. The molecule has 0 saturated carbocycles. The molecule has 96 heavy (non-hydrogen) atoms. The number of aldehydes is 2. The van der Waals surface area contributed by atoms with Crippen LogP contribution in [-0.2, 0) is 39.8 Å². The van der Waals surface area contributed by atoms with Gasteiger partial charge in [0, 0.05) is 35.3 Å². The van der Waals surface area contributed by atoms with Crippen LogP contribution in [-0.4, -0.2) is 97.6 Å². The molecule has 8 aromatic carbocycles. The number of aliphatic hydroxyl groups is 3. The lowest BCUT2D eigenvalue weighted by atomic mass is 9.88. The number of nitrogens with one attached hydrogen (secondary N) is 2. The molecule has 0 spiro atoms. The van der Waals surface area contributed by atoms with Gasteiger partial charge in [-0.05, 0) is 192 Å². The third-order valence-corrected chi connectivity index (χ3v) is 16.3. The Labute approximate surface area is 548 Å². The highest BCUT2D eigenvalue weighted by Gasteiger charge is 2.36. The fraction of sp³-hybridized carbons (Fsp3) is 0.230. The first-order valence-corrected chi connectivity index (χ1v) is 29.6. The van der Waals surface area contributed by atoms with Crippen LogP contribution in [0.4, 0.5) is 35.1 Å². The Bertz CT molecular complexity index is 4260. The van der Waals surface area contributed by atoms with E-state index in [4.69, 9.17) is 15.9 Å². The monoisotopic (exact) mass is 1330 g/mol. The molecule has 22 heteroatoms. The van der Waals surface area contributed by atoms with E-state index in [2.05, 4.69) is 10.6 Å². The number of nitrogens with two attached hydrogens (primary N) is 1. The topological polar surface area (TPSA) is 257 Å². The Morgan fingerprint density at radius 1 is 0.417 bits per heavy atom. The van der Waals surface area contributed by atoms with E-state index in [1.54, 1.807) is 66.7 Å². The van der Waals surface area contributed by atoms with E-state index < -0.39 is 89.5 Å². The Kier molecular flexibility index (Phi) is 24.8. The van der Waals surface area contributed by atoms with Gasteiger partial charge in [-0.3, -0.25) is 34.6 Å². The Hall–Kier alpha value is -9.81. The number of carboxylic acids is 3. The van der Waals surface area contributed by atoms with Gasteiger partial charge in [0.05, 0.1) is 30.9 Å². The van der Waals surface area contributed by atoms with Crippen LogP contribution in [0.25, 0.3) is 68.8 Å². The zero-order valence-electron chi connectivity index (χ0n) is 53.2. The molecule has 0 aliphatic heterocycles. The summed E-state index contributed by atoms with van der Waals surface area (Å²) in [7, 11) is 0. The first kappa shape index (κ1) is 75.2. The van der Waals surface area contributed by atoms with Crippen LogP contribution < -0.4 is 16.4 Å². The number of carboxylic acid groups (broad SMARTS) is 3. The number of aliphatic hydroxyl groups excluding tert-OH is 3. The number of hydrogen-bond acceptors (Lipinski definition) is 11. The molecule has 0 heterocycles. The summed E-state index contributed by atoms with van der Waals surface area (Å²) < 4.78 is 112. The number of alkyl halides is 6. The van der Waals surface area contributed by atoms with Crippen molar-refractivity contribution in [2.45, 2.75) is 90.5 Å². The number of rotatable bonds is 22. The maximum Gasteiger partial charge on any atom is 0.416 e. The van der Waals surface area contributed by atoms with Crippen molar-refractivity contribution in [3.8, 4) is 44.5 Å². The van der Waals surface area contributed by atoms with E-state index in [1.165, 1.54) is 81.5 Å². The maximum atomic E-state index is 15.3. The van der Waals surface area contributed by atoms with Crippen LogP contribution in [0.1, 0.15) is 108 Å². The van der Waals surface area contributed by atoms with Crippen molar-refractivity contribution >= 4 is 54.8 Å². The van der Waals surface area contributed by atoms with E-state index >= 15 is 4.39 Å². The van der Waals surface area contributed by atoms with Gasteiger partial charge in [-0.2, -0.15) is 26.3 Å². The second kappa shape index (κ2) is 31.6. The highest BCUT2D eigenvalue weighted by molar-refractivity contribution is 5.87. The first-order valence-electron chi connectivity index (χ1n) is 29.6. The quantitative estimate of drug-likeness (QED) is 0.0174. The molecule has 0 amide bonds. The molecule has 8 rings (SSSR count). The molecule has 8 aromatic rings.